The highest BCUT2D eigenvalue weighted by atomic mass is 16.5. The number of aliphatic hydroxyl groups excluding tert-OH is 1. The average molecular weight is 338 g/mol. The number of likely N-dealkylation sites (tertiary alicyclic amines) is 1. The van der Waals surface area contributed by atoms with Crippen LogP contribution in [0.5, 0.6) is 11.5 Å². The molecule has 1 saturated heterocycles. The quantitative estimate of drug-likeness (QED) is 0.877. The van der Waals surface area contributed by atoms with E-state index in [0.29, 0.717) is 37.4 Å². The summed E-state index contributed by atoms with van der Waals surface area (Å²) in [7, 11) is 1.66. The number of rotatable bonds is 6. The van der Waals surface area contributed by atoms with E-state index < -0.39 is 0 Å². The molecule has 25 heavy (non-hydrogen) atoms. The molecule has 5 nitrogen and oxygen atoms in total. The molecule has 5 heteroatoms. The third-order valence-electron chi connectivity index (χ3n) is 4.47. The van der Waals surface area contributed by atoms with E-state index in [-0.39, 0.29) is 12.1 Å². The molecular formula is C20H22N2O3. The van der Waals surface area contributed by atoms with Gasteiger partial charge in [0.25, 0.3) is 0 Å². The van der Waals surface area contributed by atoms with E-state index in [9.17, 15) is 5.11 Å². The molecule has 0 unspecified atom stereocenters. The lowest BCUT2D eigenvalue weighted by Crippen LogP contribution is -2.29. The Morgan fingerprint density at radius 3 is 2.80 bits per heavy atom. The summed E-state index contributed by atoms with van der Waals surface area (Å²) in [6.07, 6.45) is 0.370. The van der Waals surface area contributed by atoms with Gasteiger partial charge in [-0.3, -0.25) is 4.90 Å². The van der Waals surface area contributed by atoms with Crippen molar-refractivity contribution in [2.75, 3.05) is 26.8 Å². The Morgan fingerprint density at radius 2 is 2.00 bits per heavy atom. The molecule has 1 aliphatic heterocycles. The first-order chi connectivity index (χ1) is 12.2. The second kappa shape index (κ2) is 8.02. The summed E-state index contributed by atoms with van der Waals surface area (Å²) in [6, 6.07) is 17.4. The van der Waals surface area contributed by atoms with Gasteiger partial charge in [0.1, 0.15) is 18.1 Å². The standard InChI is InChI=1S/C20H22N2O3/c1-24-18-6-3-5-16(11-18)20-12-17(23)14-22(20)8-9-25-19-7-2-4-15(10-19)13-21/h2-7,10-11,17,20,23H,8-9,12,14H2,1H3/t17-,20+/m0/s1. The monoisotopic (exact) mass is 338 g/mol. The fourth-order valence-electron chi connectivity index (χ4n) is 3.26. The number of β-amino-alcohol motifs (C(OH)–C–C–N with tert-alkyl or cyclic N) is 1. The Labute approximate surface area is 148 Å². The molecule has 0 bridgehead atoms. The minimum atomic E-state index is -0.335. The van der Waals surface area contributed by atoms with Gasteiger partial charge in [-0.2, -0.15) is 5.26 Å². The van der Waals surface area contributed by atoms with Crippen molar-refractivity contribution in [2.24, 2.45) is 0 Å². The fourth-order valence-corrected chi connectivity index (χ4v) is 3.26. The van der Waals surface area contributed by atoms with Gasteiger partial charge < -0.3 is 14.6 Å². The van der Waals surface area contributed by atoms with E-state index in [0.717, 1.165) is 11.3 Å². The van der Waals surface area contributed by atoms with Gasteiger partial charge in [0.2, 0.25) is 0 Å². The van der Waals surface area contributed by atoms with Gasteiger partial charge in [-0.15, -0.1) is 0 Å². The van der Waals surface area contributed by atoms with Crippen molar-refractivity contribution in [3.05, 3.63) is 59.7 Å². The van der Waals surface area contributed by atoms with E-state index in [1.54, 1.807) is 19.2 Å². The van der Waals surface area contributed by atoms with Gasteiger partial charge in [-0.05, 0) is 42.3 Å². The van der Waals surface area contributed by atoms with Gasteiger partial charge in [0.15, 0.2) is 0 Å². The molecule has 1 fully saturated rings. The van der Waals surface area contributed by atoms with Crippen molar-refractivity contribution in [3.8, 4) is 17.6 Å². The minimum absolute atomic E-state index is 0.152. The third kappa shape index (κ3) is 4.30. The second-order valence-corrected chi connectivity index (χ2v) is 6.16. The highest BCUT2D eigenvalue weighted by Crippen LogP contribution is 2.33. The zero-order valence-corrected chi connectivity index (χ0v) is 14.3. The van der Waals surface area contributed by atoms with Gasteiger partial charge in [0.05, 0.1) is 24.8 Å². The van der Waals surface area contributed by atoms with Gasteiger partial charge in [0, 0.05) is 19.1 Å². The lowest BCUT2D eigenvalue weighted by atomic mass is 10.0. The van der Waals surface area contributed by atoms with E-state index >= 15 is 0 Å². The SMILES string of the molecule is COc1cccc([C@H]2C[C@H](O)CN2CCOc2cccc(C#N)c2)c1. The summed E-state index contributed by atoms with van der Waals surface area (Å²) in [5.74, 6) is 1.51. The van der Waals surface area contributed by atoms with Crippen molar-refractivity contribution in [1.29, 1.82) is 5.26 Å². The highest BCUT2D eigenvalue weighted by Gasteiger charge is 2.31. The summed E-state index contributed by atoms with van der Waals surface area (Å²) >= 11 is 0. The Hall–Kier alpha value is -2.55. The van der Waals surface area contributed by atoms with E-state index in [2.05, 4.69) is 17.0 Å². The van der Waals surface area contributed by atoms with Crippen LogP contribution >= 0.6 is 0 Å². The number of hydrogen-bond acceptors (Lipinski definition) is 5. The molecule has 0 amide bonds. The van der Waals surface area contributed by atoms with E-state index in [1.807, 2.05) is 30.3 Å². The fraction of sp³-hybridized carbons (Fsp3) is 0.350. The van der Waals surface area contributed by atoms with Gasteiger partial charge in [-0.1, -0.05) is 18.2 Å². The number of aliphatic hydroxyl groups is 1. The van der Waals surface area contributed by atoms with Crippen LogP contribution in [0.4, 0.5) is 0 Å². The van der Waals surface area contributed by atoms with Crippen molar-refractivity contribution in [3.63, 3.8) is 0 Å². The molecule has 1 heterocycles. The largest absolute Gasteiger partial charge is 0.497 e. The Bertz CT molecular complexity index is 757. The first kappa shape index (κ1) is 17.3. The predicted molar refractivity (Wildman–Crippen MR) is 94.6 cm³/mol. The third-order valence-corrected chi connectivity index (χ3v) is 4.47. The molecule has 0 spiro atoms. The van der Waals surface area contributed by atoms with Crippen molar-refractivity contribution in [2.45, 2.75) is 18.6 Å². The highest BCUT2D eigenvalue weighted by molar-refractivity contribution is 5.36. The van der Waals surface area contributed by atoms with Crippen LogP contribution < -0.4 is 9.47 Å². The maximum atomic E-state index is 10.1. The molecule has 3 rings (SSSR count). The Kier molecular flexibility index (Phi) is 5.54. The molecule has 0 aromatic heterocycles. The topological polar surface area (TPSA) is 65.7 Å². The summed E-state index contributed by atoms with van der Waals surface area (Å²) in [6.45, 7) is 1.83. The predicted octanol–water partition coefficient (Wildman–Crippen LogP) is 2.75. The zero-order valence-electron chi connectivity index (χ0n) is 14.3. The smallest absolute Gasteiger partial charge is 0.120 e. The van der Waals surface area contributed by atoms with Crippen LogP contribution in [-0.2, 0) is 0 Å². The molecule has 130 valence electrons. The van der Waals surface area contributed by atoms with Crippen molar-refractivity contribution < 1.29 is 14.6 Å². The van der Waals surface area contributed by atoms with Crippen LogP contribution in [0.25, 0.3) is 0 Å². The molecule has 0 aliphatic carbocycles. The maximum Gasteiger partial charge on any atom is 0.120 e. The van der Waals surface area contributed by atoms with Crippen LogP contribution in [0, 0.1) is 11.3 Å². The van der Waals surface area contributed by atoms with Crippen LogP contribution in [0.1, 0.15) is 23.6 Å². The van der Waals surface area contributed by atoms with E-state index in [1.165, 1.54) is 0 Å². The summed E-state index contributed by atoms with van der Waals surface area (Å²) in [4.78, 5) is 2.23. The minimum Gasteiger partial charge on any atom is -0.497 e. The Morgan fingerprint density at radius 1 is 1.20 bits per heavy atom. The number of ether oxygens (including phenoxy) is 2. The average Bonchev–Trinajstić information content (AvgIpc) is 3.02. The number of hydrogen-bond donors (Lipinski definition) is 1. The molecule has 2 atom stereocenters. The molecule has 0 saturated carbocycles. The Balaban J connectivity index is 1.62. The second-order valence-electron chi connectivity index (χ2n) is 6.16. The molecule has 1 N–H and O–H groups in total. The van der Waals surface area contributed by atoms with Crippen LogP contribution in [-0.4, -0.2) is 42.9 Å². The summed E-state index contributed by atoms with van der Waals surface area (Å²) in [5, 5.41) is 19.0. The van der Waals surface area contributed by atoms with Gasteiger partial charge >= 0.3 is 0 Å². The summed E-state index contributed by atoms with van der Waals surface area (Å²) < 4.78 is 11.1. The molecule has 2 aromatic rings. The normalized spacial score (nSPS) is 20.2. The first-order valence-electron chi connectivity index (χ1n) is 8.38. The first-order valence-corrected chi connectivity index (χ1v) is 8.38. The van der Waals surface area contributed by atoms with Crippen LogP contribution in [0.3, 0.4) is 0 Å². The lowest BCUT2D eigenvalue weighted by molar-refractivity contribution is 0.162. The number of nitriles is 1. The zero-order chi connectivity index (χ0) is 17.6. The molecule has 1 aliphatic rings. The van der Waals surface area contributed by atoms with Crippen molar-refractivity contribution in [1.82, 2.24) is 4.90 Å². The number of methoxy groups -OCH3 is 1. The lowest BCUT2D eigenvalue weighted by Gasteiger charge is -2.24. The molecule has 0 radical (unpaired) electrons. The molecular weight excluding hydrogens is 316 g/mol. The van der Waals surface area contributed by atoms with Gasteiger partial charge in [-0.25, -0.2) is 0 Å². The van der Waals surface area contributed by atoms with E-state index in [4.69, 9.17) is 14.7 Å². The van der Waals surface area contributed by atoms with Crippen LogP contribution in [0.2, 0.25) is 0 Å². The number of nitrogens with zero attached hydrogens (tertiary/aromatic N) is 2. The molecule has 2 aromatic carbocycles. The van der Waals surface area contributed by atoms with Crippen LogP contribution in [0.15, 0.2) is 48.5 Å². The summed E-state index contributed by atoms with van der Waals surface area (Å²) in [5.41, 5.74) is 1.73. The van der Waals surface area contributed by atoms with Crippen molar-refractivity contribution >= 4 is 0 Å². The maximum absolute atomic E-state index is 10.1. The number of benzene rings is 2.